The Hall–Kier alpha value is -3.88. The number of carbonyl (C=O) groups is 2. The second-order valence-electron chi connectivity index (χ2n) is 9.76. The number of aromatic hydroxyl groups is 2. The number of ketones is 1. The average molecular weight is 496 g/mol. The van der Waals surface area contributed by atoms with E-state index in [1.165, 1.54) is 6.07 Å². The van der Waals surface area contributed by atoms with Crippen LogP contribution < -0.4 is 20.3 Å². The van der Waals surface area contributed by atoms with Crippen LogP contribution in [0.5, 0.6) is 17.2 Å². The molecule has 0 bridgehead atoms. The van der Waals surface area contributed by atoms with E-state index in [4.69, 9.17) is 10.5 Å². The van der Waals surface area contributed by atoms with E-state index in [9.17, 15) is 24.9 Å². The van der Waals surface area contributed by atoms with Crippen LogP contribution in [0.1, 0.15) is 57.2 Å². The molecule has 2 aliphatic rings. The van der Waals surface area contributed by atoms with Crippen LogP contribution in [0, 0.1) is 5.92 Å². The van der Waals surface area contributed by atoms with Gasteiger partial charge < -0.3 is 35.6 Å². The van der Waals surface area contributed by atoms with Crippen LogP contribution in [0.15, 0.2) is 17.7 Å². The number of primary amides is 1. The first-order valence-electron chi connectivity index (χ1n) is 12.0. The number of hydrogen-bond acceptors (Lipinski definition) is 8. The van der Waals surface area contributed by atoms with Crippen LogP contribution in [-0.2, 0) is 12.8 Å². The summed E-state index contributed by atoms with van der Waals surface area (Å²) in [6.07, 6.45) is 2.33. The summed E-state index contributed by atoms with van der Waals surface area (Å²) in [5.74, 6) is -2.72. The fourth-order valence-corrected chi connectivity index (χ4v) is 5.39. The van der Waals surface area contributed by atoms with Crippen molar-refractivity contribution in [2.75, 3.05) is 44.6 Å². The highest BCUT2D eigenvalue weighted by Crippen LogP contribution is 2.53. The summed E-state index contributed by atoms with van der Waals surface area (Å²) in [7, 11) is 7.29. The lowest BCUT2D eigenvalue weighted by Gasteiger charge is -2.36. The van der Waals surface area contributed by atoms with Crippen molar-refractivity contribution in [3.63, 3.8) is 0 Å². The molecule has 5 N–H and O–H groups in total. The average Bonchev–Trinajstić information content (AvgIpc) is 2.78. The van der Waals surface area contributed by atoms with Gasteiger partial charge in [-0.05, 0) is 48.4 Å². The lowest BCUT2D eigenvalue weighted by Crippen LogP contribution is -2.32. The Labute approximate surface area is 210 Å². The molecule has 1 atom stereocenters. The zero-order chi connectivity index (χ0) is 26.5. The van der Waals surface area contributed by atoms with Gasteiger partial charge in [-0.15, -0.1) is 0 Å². The van der Waals surface area contributed by atoms with Crippen molar-refractivity contribution in [1.29, 1.82) is 0 Å². The fourth-order valence-electron chi connectivity index (χ4n) is 5.39. The van der Waals surface area contributed by atoms with Gasteiger partial charge in [-0.2, -0.15) is 0 Å². The molecular formula is C27H33N3O6. The number of benzene rings is 2. The number of aliphatic hydroxyl groups is 1. The predicted molar refractivity (Wildman–Crippen MR) is 139 cm³/mol. The Morgan fingerprint density at radius 2 is 1.72 bits per heavy atom. The quantitative estimate of drug-likeness (QED) is 0.429. The van der Waals surface area contributed by atoms with E-state index in [-0.39, 0.29) is 33.8 Å². The molecular weight excluding hydrogens is 462 g/mol. The number of ether oxygens (including phenoxy) is 1. The zero-order valence-electron chi connectivity index (χ0n) is 21.3. The van der Waals surface area contributed by atoms with Crippen molar-refractivity contribution < 1.29 is 29.6 Å². The van der Waals surface area contributed by atoms with Gasteiger partial charge in [0.1, 0.15) is 22.8 Å². The monoisotopic (exact) mass is 495 g/mol. The number of allylic oxidation sites excluding steroid dienone is 1. The molecule has 9 nitrogen and oxygen atoms in total. The summed E-state index contributed by atoms with van der Waals surface area (Å²) in [6.45, 7) is 2.33. The van der Waals surface area contributed by atoms with Crippen LogP contribution >= 0.6 is 0 Å². The molecule has 2 aliphatic carbocycles. The zero-order valence-corrected chi connectivity index (χ0v) is 21.3. The van der Waals surface area contributed by atoms with Gasteiger partial charge in [-0.25, -0.2) is 0 Å². The highest BCUT2D eigenvalue weighted by atomic mass is 16.5. The van der Waals surface area contributed by atoms with E-state index in [1.54, 1.807) is 25.1 Å². The van der Waals surface area contributed by atoms with Crippen molar-refractivity contribution in [3.8, 4) is 17.2 Å². The molecule has 1 amide bonds. The van der Waals surface area contributed by atoms with Crippen molar-refractivity contribution in [3.05, 3.63) is 45.5 Å². The molecule has 2 aromatic rings. The summed E-state index contributed by atoms with van der Waals surface area (Å²) in [5.41, 5.74) is 8.29. The topological polar surface area (TPSA) is 137 Å². The maximum absolute atomic E-state index is 13.7. The standard InChI is InChI=1S/C27H33N3O6/c1-6-7-10-36-26-21(27(28)35)25(34)20-15(22(26)30(4)5)12-13-11-14-16(29(2)3)8-9-17(31)19(14)23(32)18(13)24(20)33/h8-9,13,31,33-34H,6-7,10-12H2,1-5H3,(H2,28,35). The summed E-state index contributed by atoms with van der Waals surface area (Å²) in [6, 6.07) is 3.23. The Kier molecular flexibility index (Phi) is 6.51. The largest absolute Gasteiger partial charge is 0.507 e. The molecule has 0 spiro atoms. The fraction of sp³-hybridized carbons (Fsp3) is 0.407. The first-order valence-corrected chi connectivity index (χ1v) is 12.0. The molecule has 0 radical (unpaired) electrons. The molecule has 0 aliphatic heterocycles. The smallest absolute Gasteiger partial charge is 0.256 e. The minimum atomic E-state index is -0.904. The van der Waals surface area contributed by atoms with Gasteiger partial charge in [0.15, 0.2) is 11.5 Å². The molecule has 4 rings (SSSR count). The van der Waals surface area contributed by atoms with Crippen LogP contribution in [0.3, 0.4) is 0 Å². The minimum absolute atomic E-state index is 0.00152. The third kappa shape index (κ3) is 3.79. The number of rotatable bonds is 7. The molecule has 0 heterocycles. The molecule has 0 saturated carbocycles. The third-order valence-electron chi connectivity index (χ3n) is 6.96. The number of unbranched alkanes of at least 4 members (excludes halogenated alkanes) is 1. The highest BCUT2D eigenvalue weighted by molar-refractivity contribution is 6.18. The molecule has 2 aromatic carbocycles. The van der Waals surface area contributed by atoms with E-state index in [1.807, 2.05) is 25.9 Å². The van der Waals surface area contributed by atoms with Crippen LogP contribution in [-0.4, -0.2) is 61.8 Å². The van der Waals surface area contributed by atoms with Crippen molar-refractivity contribution >= 4 is 28.8 Å². The second kappa shape index (κ2) is 9.29. The number of nitrogens with zero attached hydrogens (tertiary/aromatic N) is 2. The van der Waals surface area contributed by atoms with E-state index < -0.39 is 29.1 Å². The van der Waals surface area contributed by atoms with Crippen molar-refractivity contribution in [2.45, 2.75) is 32.6 Å². The number of nitrogens with two attached hydrogens (primary N) is 1. The molecule has 0 fully saturated rings. The maximum Gasteiger partial charge on any atom is 0.256 e. The maximum atomic E-state index is 13.7. The molecule has 192 valence electrons. The number of fused-ring (bicyclic) bond motifs is 3. The Balaban J connectivity index is 2.01. The number of amides is 1. The number of phenolic OH excluding ortho intramolecular Hbond substituents is 1. The Morgan fingerprint density at radius 3 is 2.31 bits per heavy atom. The Bertz CT molecular complexity index is 1300. The molecule has 9 heteroatoms. The SMILES string of the molecule is CCCCOc1c(C(N)=O)c(O)c2c(c1N(C)C)CC1Cc3c(N(C)C)ccc(O)c3C(=O)C1=C2O. The number of phenols is 2. The van der Waals surface area contributed by atoms with Crippen LogP contribution in [0.25, 0.3) is 5.76 Å². The van der Waals surface area contributed by atoms with Crippen LogP contribution in [0.2, 0.25) is 0 Å². The summed E-state index contributed by atoms with van der Waals surface area (Å²) >= 11 is 0. The lowest BCUT2D eigenvalue weighted by molar-refractivity contribution is 0.0990. The van der Waals surface area contributed by atoms with E-state index in [2.05, 4.69) is 0 Å². The van der Waals surface area contributed by atoms with Crippen LogP contribution in [0.4, 0.5) is 11.4 Å². The van der Waals surface area contributed by atoms with Crippen molar-refractivity contribution in [1.82, 2.24) is 0 Å². The second-order valence-corrected chi connectivity index (χ2v) is 9.76. The number of aliphatic hydroxyl groups excluding tert-OH is 1. The van der Waals surface area contributed by atoms with Gasteiger partial charge in [-0.3, -0.25) is 9.59 Å². The summed E-state index contributed by atoms with van der Waals surface area (Å²) < 4.78 is 5.99. The van der Waals surface area contributed by atoms with Gasteiger partial charge in [0.2, 0.25) is 0 Å². The molecule has 1 unspecified atom stereocenters. The third-order valence-corrected chi connectivity index (χ3v) is 6.96. The highest BCUT2D eigenvalue weighted by Gasteiger charge is 2.43. The number of hydrogen-bond donors (Lipinski definition) is 4. The van der Waals surface area contributed by atoms with Gasteiger partial charge >= 0.3 is 0 Å². The van der Waals surface area contributed by atoms with Gasteiger partial charge in [0.05, 0.1) is 23.4 Å². The Morgan fingerprint density at radius 1 is 1.06 bits per heavy atom. The molecule has 0 saturated heterocycles. The molecule has 0 aromatic heterocycles. The normalized spacial score (nSPS) is 16.2. The summed E-state index contributed by atoms with van der Waals surface area (Å²) in [5, 5.41) is 33.2. The number of carbonyl (C=O) groups excluding carboxylic acids is 2. The molecule has 36 heavy (non-hydrogen) atoms. The summed E-state index contributed by atoms with van der Waals surface area (Å²) in [4.78, 5) is 29.8. The lowest BCUT2D eigenvalue weighted by atomic mass is 9.70. The van der Waals surface area contributed by atoms with Gasteiger partial charge in [0.25, 0.3) is 5.91 Å². The first kappa shape index (κ1) is 25.2. The predicted octanol–water partition coefficient (Wildman–Crippen LogP) is 3.39. The van der Waals surface area contributed by atoms with Gasteiger partial charge in [0, 0.05) is 39.5 Å². The minimum Gasteiger partial charge on any atom is -0.507 e. The number of Topliss-reactive ketones (excluding diaryl/α,β-unsaturated/α-hetero) is 1. The van der Waals surface area contributed by atoms with Gasteiger partial charge in [-0.1, -0.05) is 13.3 Å². The van der Waals surface area contributed by atoms with E-state index in [0.717, 1.165) is 18.5 Å². The first-order chi connectivity index (χ1) is 17.0. The number of anilines is 2. The van der Waals surface area contributed by atoms with E-state index in [0.29, 0.717) is 36.3 Å². The van der Waals surface area contributed by atoms with Crippen molar-refractivity contribution in [2.24, 2.45) is 11.7 Å². The van der Waals surface area contributed by atoms with E-state index >= 15 is 0 Å².